The monoisotopic (exact) mass is 469 g/mol. The van der Waals surface area contributed by atoms with E-state index < -0.39 is 0 Å². The molecular weight excluding hydrogens is 441 g/mol. The maximum Gasteiger partial charge on any atom is 0.251 e. The number of benzene rings is 1. The van der Waals surface area contributed by atoms with Crippen molar-refractivity contribution in [2.75, 3.05) is 20.1 Å². The number of halogens is 1. The summed E-state index contributed by atoms with van der Waals surface area (Å²) in [6, 6.07) is 9.75. The number of rotatable bonds is 7. The number of carbonyl (C=O) groups is 1. The van der Waals surface area contributed by atoms with Gasteiger partial charge in [0.2, 0.25) is 0 Å². The molecule has 0 spiro atoms. The Bertz CT molecular complexity index is 726. The van der Waals surface area contributed by atoms with Gasteiger partial charge in [-0.3, -0.25) is 4.79 Å². The highest BCUT2D eigenvalue weighted by Gasteiger charge is 2.04. The van der Waals surface area contributed by atoms with E-state index >= 15 is 0 Å². The van der Waals surface area contributed by atoms with Crippen molar-refractivity contribution in [1.29, 1.82) is 0 Å². The molecule has 0 saturated heterocycles. The second kappa shape index (κ2) is 11.6. The molecule has 1 aromatic carbocycles. The lowest BCUT2D eigenvalue weighted by atomic mass is 10.1. The third-order valence-corrected chi connectivity index (χ3v) is 3.78. The Morgan fingerprint density at radius 2 is 2.00 bits per heavy atom. The summed E-state index contributed by atoms with van der Waals surface area (Å²) in [6.45, 7) is 4.25. The summed E-state index contributed by atoms with van der Waals surface area (Å²) in [5.41, 5.74) is 2.98. The van der Waals surface area contributed by atoms with E-state index in [0.717, 1.165) is 31.0 Å². The standard InChI is InChI=1S/C19H27N5O.HI/c1-4-21-19(23-13-16-9-11-24(3)14-16)22-10-8-15-6-5-7-17(12-15)18(25)20-2;/h5-7,9,11-12,14H,4,8,10,13H2,1-3H3,(H,20,25)(H2,21,22,23);1H. The quantitative estimate of drug-likeness (QED) is 0.331. The van der Waals surface area contributed by atoms with Crippen LogP contribution in [-0.2, 0) is 20.0 Å². The molecule has 0 saturated carbocycles. The molecule has 0 aliphatic heterocycles. The average molecular weight is 469 g/mol. The Hall–Kier alpha value is -2.03. The summed E-state index contributed by atoms with van der Waals surface area (Å²) < 4.78 is 2.02. The van der Waals surface area contributed by atoms with E-state index in [2.05, 4.69) is 33.2 Å². The summed E-state index contributed by atoms with van der Waals surface area (Å²) in [5, 5.41) is 9.24. The van der Waals surface area contributed by atoms with Gasteiger partial charge in [0.05, 0.1) is 6.54 Å². The molecule has 3 N–H and O–H groups in total. The van der Waals surface area contributed by atoms with Crippen molar-refractivity contribution < 1.29 is 4.79 Å². The fourth-order valence-electron chi connectivity index (χ4n) is 2.50. The molecule has 0 radical (unpaired) electrons. The second-order valence-corrected chi connectivity index (χ2v) is 5.84. The SMILES string of the molecule is CCNC(=NCc1ccn(C)c1)NCCc1cccc(C(=O)NC)c1.I. The fourth-order valence-corrected chi connectivity index (χ4v) is 2.50. The normalized spacial score (nSPS) is 10.8. The topological polar surface area (TPSA) is 70.5 Å². The van der Waals surface area contributed by atoms with Gasteiger partial charge in [-0.1, -0.05) is 12.1 Å². The molecule has 142 valence electrons. The van der Waals surface area contributed by atoms with E-state index in [4.69, 9.17) is 0 Å². The molecule has 2 aromatic rings. The van der Waals surface area contributed by atoms with Crippen LogP contribution in [0.5, 0.6) is 0 Å². The van der Waals surface area contributed by atoms with Crippen LogP contribution in [0.15, 0.2) is 47.7 Å². The van der Waals surface area contributed by atoms with Crippen molar-refractivity contribution in [3.8, 4) is 0 Å². The van der Waals surface area contributed by atoms with Gasteiger partial charge >= 0.3 is 0 Å². The lowest BCUT2D eigenvalue weighted by molar-refractivity contribution is 0.0963. The van der Waals surface area contributed by atoms with Crippen molar-refractivity contribution in [3.05, 3.63) is 59.4 Å². The molecule has 1 amide bonds. The zero-order chi connectivity index (χ0) is 18.1. The molecule has 0 bridgehead atoms. The van der Waals surface area contributed by atoms with Gasteiger partial charge < -0.3 is 20.5 Å². The molecule has 0 fully saturated rings. The third kappa shape index (κ3) is 7.07. The lowest BCUT2D eigenvalue weighted by Crippen LogP contribution is -2.38. The van der Waals surface area contributed by atoms with Crippen LogP contribution < -0.4 is 16.0 Å². The maximum absolute atomic E-state index is 11.7. The zero-order valence-corrected chi connectivity index (χ0v) is 17.9. The van der Waals surface area contributed by atoms with Crippen LogP contribution in [0.2, 0.25) is 0 Å². The number of aromatic nitrogens is 1. The van der Waals surface area contributed by atoms with E-state index in [1.54, 1.807) is 7.05 Å². The minimum atomic E-state index is -0.0624. The van der Waals surface area contributed by atoms with Gasteiger partial charge in [-0.2, -0.15) is 0 Å². The highest BCUT2D eigenvalue weighted by Crippen LogP contribution is 2.06. The van der Waals surface area contributed by atoms with Crippen LogP contribution in [0.25, 0.3) is 0 Å². The van der Waals surface area contributed by atoms with E-state index in [9.17, 15) is 4.79 Å². The van der Waals surface area contributed by atoms with Crippen LogP contribution in [0.4, 0.5) is 0 Å². The van der Waals surface area contributed by atoms with Gasteiger partial charge in [-0.25, -0.2) is 4.99 Å². The van der Waals surface area contributed by atoms with E-state index in [0.29, 0.717) is 12.1 Å². The minimum Gasteiger partial charge on any atom is -0.357 e. The number of hydrogen-bond acceptors (Lipinski definition) is 2. The van der Waals surface area contributed by atoms with Crippen LogP contribution in [0.3, 0.4) is 0 Å². The Labute approximate surface area is 172 Å². The first kappa shape index (κ1) is 22.0. The molecule has 1 heterocycles. The van der Waals surface area contributed by atoms with Crippen molar-refractivity contribution in [3.63, 3.8) is 0 Å². The number of nitrogens with zero attached hydrogens (tertiary/aromatic N) is 2. The summed E-state index contributed by atoms with van der Waals surface area (Å²) in [4.78, 5) is 16.3. The van der Waals surface area contributed by atoms with Gasteiger partial charge in [0, 0.05) is 45.1 Å². The van der Waals surface area contributed by atoms with Crippen molar-refractivity contribution in [1.82, 2.24) is 20.5 Å². The third-order valence-electron chi connectivity index (χ3n) is 3.78. The Balaban J connectivity index is 0.00000338. The number of aliphatic imine (C=N–C) groups is 1. The Morgan fingerprint density at radius 3 is 2.65 bits per heavy atom. The highest BCUT2D eigenvalue weighted by molar-refractivity contribution is 14.0. The molecule has 7 heteroatoms. The fraction of sp³-hybridized carbons (Fsp3) is 0.368. The number of hydrogen-bond donors (Lipinski definition) is 3. The summed E-state index contributed by atoms with van der Waals surface area (Å²) >= 11 is 0. The number of aryl methyl sites for hydroxylation is 1. The minimum absolute atomic E-state index is 0. The Morgan fingerprint density at radius 1 is 1.19 bits per heavy atom. The number of guanidine groups is 1. The van der Waals surface area contributed by atoms with Crippen molar-refractivity contribution in [2.24, 2.45) is 12.0 Å². The van der Waals surface area contributed by atoms with Gasteiger partial charge in [0.25, 0.3) is 5.91 Å². The predicted molar refractivity (Wildman–Crippen MR) is 117 cm³/mol. The number of amides is 1. The Kier molecular flexibility index (Phi) is 9.79. The number of carbonyl (C=O) groups excluding carboxylic acids is 1. The van der Waals surface area contributed by atoms with Crippen LogP contribution in [0.1, 0.15) is 28.4 Å². The van der Waals surface area contributed by atoms with Crippen LogP contribution >= 0.6 is 24.0 Å². The smallest absolute Gasteiger partial charge is 0.251 e. The molecule has 0 unspecified atom stereocenters. The average Bonchev–Trinajstić information content (AvgIpc) is 3.04. The van der Waals surface area contributed by atoms with Crippen LogP contribution in [-0.4, -0.2) is 36.6 Å². The lowest BCUT2D eigenvalue weighted by Gasteiger charge is -2.11. The first-order chi connectivity index (χ1) is 12.1. The first-order valence-electron chi connectivity index (χ1n) is 8.56. The molecule has 0 aliphatic carbocycles. The maximum atomic E-state index is 11.7. The molecule has 6 nitrogen and oxygen atoms in total. The van der Waals surface area contributed by atoms with Gasteiger partial charge in [-0.15, -0.1) is 24.0 Å². The zero-order valence-electron chi connectivity index (χ0n) is 15.6. The predicted octanol–water partition coefficient (Wildman–Crippen LogP) is 2.30. The molecule has 0 aliphatic rings. The summed E-state index contributed by atoms with van der Waals surface area (Å²) in [6.07, 6.45) is 4.91. The first-order valence-corrected chi connectivity index (χ1v) is 8.56. The van der Waals surface area contributed by atoms with E-state index in [-0.39, 0.29) is 29.9 Å². The van der Waals surface area contributed by atoms with Gasteiger partial charge in [0.15, 0.2) is 5.96 Å². The summed E-state index contributed by atoms with van der Waals surface area (Å²) in [7, 11) is 3.64. The second-order valence-electron chi connectivity index (χ2n) is 5.84. The molecule has 2 rings (SSSR count). The van der Waals surface area contributed by atoms with Crippen molar-refractivity contribution >= 4 is 35.8 Å². The van der Waals surface area contributed by atoms with Crippen LogP contribution in [0, 0.1) is 0 Å². The van der Waals surface area contributed by atoms with E-state index in [1.807, 2.05) is 49.0 Å². The summed E-state index contributed by atoms with van der Waals surface area (Å²) in [5.74, 6) is 0.737. The molecule has 26 heavy (non-hydrogen) atoms. The highest BCUT2D eigenvalue weighted by atomic mass is 127. The van der Waals surface area contributed by atoms with Gasteiger partial charge in [-0.05, 0) is 42.7 Å². The largest absolute Gasteiger partial charge is 0.357 e. The number of nitrogens with one attached hydrogen (secondary N) is 3. The molecule has 1 aromatic heterocycles. The molecular formula is C19H28IN5O. The van der Waals surface area contributed by atoms with Gasteiger partial charge in [0.1, 0.15) is 0 Å². The molecule has 0 atom stereocenters. The van der Waals surface area contributed by atoms with E-state index in [1.165, 1.54) is 5.56 Å². The van der Waals surface area contributed by atoms with Crippen molar-refractivity contribution in [2.45, 2.75) is 19.9 Å².